The molecule has 1 aliphatic heterocycles. The average Bonchev–Trinajstić information content (AvgIpc) is 3.65. The summed E-state index contributed by atoms with van der Waals surface area (Å²) in [5.74, 6) is -4.48. The van der Waals surface area contributed by atoms with Gasteiger partial charge in [0.05, 0.1) is 46.0 Å². The number of anilines is 1. The largest absolute Gasteiger partial charge is 0.465 e. The van der Waals surface area contributed by atoms with Gasteiger partial charge in [-0.2, -0.15) is 0 Å². The molecule has 9 heteroatoms. The van der Waals surface area contributed by atoms with Gasteiger partial charge in [0.1, 0.15) is 0 Å². The van der Waals surface area contributed by atoms with Crippen LogP contribution in [0.1, 0.15) is 32.6 Å². The van der Waals surface area contributed by atoms with E-state index in [4.69, 9.17) is 39.5 Å². The molecule has 0 radical (unpaired) electrons. The molecule has 1 saturated carbocycles. The third-order valence-corrected chi connectivity index (χ3v) is 11.2. The van der Waals surface area contributed by atoms with Crippen LogP contribution in [0.2, 0.25) is 15.1 Å². The van der Waals surface area contributed by atoms with E-state index in [0.717, 1.165) is 16.0 Å². The first-order chi connectivity index (χ1) is 24.2. The van der Waals surface area contributed by atoms with Crippen LogP contribution in [-0.2, 0) is 30.0 Å². The Labute approximate surface area is 302 Å². The number of rotatable bonds is 6. The number of benzene rings is 5. The second-order valence-corrected chi connectivity index (χ2v) is 13.8. The number of halogens is 3. The number of methoxy groups -OCH3 is 1. The zero-order chi connectivity index (χ0) is 34.9. The maximum atomic E-state index is 16.0. The summed E-state index contributed by atoms with van der Waals surface area (Å²) in [6.07, 6.45) is 0. The quantitative estimate of drug-likeness (QED) is 0.130. The highest BCUT2D eigenvalue weighted by Gasteiger charge is 2.82. The van der Waals surface area contributed by atoms with Crippen molar-refractivity contribution in [3.8, 4) is 0 Å². The number of allylic oxidation sites excluding steroid dienone is 2. The molecule has 50 heavy (non-hydrogen) atoms. The SMILES string of the molecule is COC(=O)c1cc(N2C(=O)[C@@H]3[C@H](C2=O)[C@@]2(c4ccc(Cl)cc4)C(=O)[C@@]3(c3ccc(Cl)cc3)C(c3ccccc3)=C2c2ccccc2)ccc1Cl. The van der Waals surface area contributed by atoms with Crippen LogP contribution in [0.4, 0.5) is 5.69 Å². The highest BCUT2D eigenvalue weighted by atomic mass is 35.5. The number of nitrogens with zero attached hydrogens (tertiary/aromatic N) is 1. The Balaban J connectivity index is 1.52. The van der Waals surface area contributed by atoms with Gasteiger partial charge >= 0.3 is 5.97 Å². The second-order valence-electron chi connectivity index (χ2n) is 12.6. The van der Waals surface area contributed by atoms with E-state index in [2.05, 4.69) is 0 Å². The Morgan fingerprint density at radius 3 is 1.48 bits per heavy atom. The van der Waals surface area contributed by atoms with E-state index >= 15 is 14.4 Å². The smallest absolute Gasteiger partial charge is 0.339 e. The van der Waals surface area contributed by atoms with Crippen molar-refractivity contribution >= 4 is 75.2 Å². The van der Waals surface area contributed by atoms with Gasteiger partial charge in [0, 0.05) is 10.0 Å². The summed E-state index contributed by atoms with van der Waals surface area (Å²) in [6, 6.07) is 37.2. The lowest BCUT2D eigenvalue weighted by Gasteiger charge is -2.39. The van der Waals surface area contributed by atoms with Gasteiger partial charge in [-0.05, 0) is 75.9 Å². The molecule has 2 amide bonds. The van der Waals surface area contributed by atoms with Crippen LogP contribution in [0, 0.1) is 11.8 Å². The van der Waals surface area contributed by atoms with Gasteiger partial charge < -0.3 is 4.74 Å². The van der Waals surface area contributed by atoms with Crippen LogP contribution in [-0.4, -0.2) is 30.7 Å². The maximum Gasteiger partial charge on any atom is 0.339 e. The zero-order valence-corrected chi connectivity index (χ0v) is 28.7. The van der Waals surface area contributed by atoms with Crippen LogP contribution in [0.5, 0.6) is 0 Å². The number of hydrogen-bond acceptors (Lipinski definition) is 5. The molecule has 0 unspecified atom stereocenters. The molecule has 8 rings (SSSR count). The molecule has 2 aliphatic carbocycles. The van der Waals surface area contributed by atoms with E-state index < -0.39 is 40.4 Å². The van der Waals surface area contributed by atoms with Crippen molar-refractivity contribution in [2.75, 3.05) is 12.0 Å². The summed E-state index contributed by atoms with van der Waals surface area (Å²) < 4.78 is 4.93. The van der Waals surface area contributed by atoms with Crippen molar-refractivity contribution in [3.63, 3.8) is 0 Å². The number of carbonyl (C=O) groups excluding carboxylic acids is 4. The Morgan fingerprint density at radius 2 is 1.06 bits per heavy atom. The monoisotopic (exact) mass is 717 g/mol. The number of Topliss-reactive ketones (excluding diaryl/α,β-unsaturated/α-hetero) is 1. The highest BCUT2D eigenvalue weighted by Crippen LogP contribution is 2.74. The fourth-order valence-corrected chi connectivity index (χ4v) is 8.98. The lowest BCUT2D eigenvalue weighted by atomic mass is 9.59. The van der Waals surface area contributed by atoms with Gasteiger partial charge in [-0.15, -0.1) is 0 Å². The molecule has 4 atom stereocenters. The normalized spacial score (nSPS) is 23.8. The first kappa shape index (κ1) is 32.2. The molecular weight excluding hydrogens is 693 g/mol. The van der Waals surface area contributed by atoms with Gasteiger partial charge in [-0.1, -0.05) is 120 Å². The number of esters is 1. The summed E-state index contributed by atoms with van der Waals surface area (Å²) in [5, 5.41) is 1.01. The third-order valence-electron chi connectivity index (χ3n) is 10.3. The summed E-state index contributed by atoms with van der Waals surface area (Å²) in [5.41, 5.74) is 0.728. The molecule has 5 aromatic rings. The van der Waals surface area contributed by atoms with E-state index in [1.807, 2.05) is 60.7 Å². The van der Waals surface area contributed by atoms with Crippen molar-refractivity contribution in [2.45, 2.75) is 10.8 Å². The number of imide groups is 1. The minimum atomic E-state index is -1.62. The molecule has 0 aromatic heterocycles. The van der Waals surface area contributed by atoms with Crippen molar-refractivity contribution in [2.24, 2.45) is 11.8 Å². The zero-order valence-electron chi connectivity index (χ0n) is 26.4. The minimum absolute atomic E-state index is 0.00345. The van der Waals surface area contributed by atoms with Gasteiger partial charge in [0.2, 0.25) is 11.8 Å². The Kier molecular flexibility index (Phi) is 7.60. The molecule has 1 heterocycles. The summed E-state index contributed by atoms with van der Waals surface area (Å²) >= 11 is 19.2. The molecule has 6 nitrogen and oxygen atoms in total. The lowest BCUT2D eigenvalue weighted by molar-refractivity contribution is -0.130. The van der Waals surface area contributed by atoms with Gasteiger partial charge in [0.25, 0.3) is 0 Å². The molecule has 5 aromatic carbocycles. The second kappa shape index (κ2) is 11.8. The topological polar surface area (TPSA) is 80.8 Å². The van der Waals surface area contributed by atoms with Crippen molar-refractivity contribution in [1.29, 1.82) is 0 Å². The van der Waals surface area contributed by atoms with E-state index in [-0.39, 0.29) is 22.1 Å². The number of amides is 2. The summed E-state index contributed by atoms with van der Waals surface area (Å²) in [7, 11) is 1.22. The first-order valence-electron chi connectivity index (χ1n) is 15.9. The predicted octanol–water partition coefficient (Wildman–Crippen LogP) is 8.62. The molecule has 2 fully saturated rings. The van der Waals surface area contributed by atoms with Gasteiger partial charge in [-0.25, -0.2) is 9.69 Å². The van der Waals surface area contributed by atoms with Gasteiger partial charge in [0.15, 0.2) is 5.78 Å². The molecule has 1 saturated heterocycles. The van der Waals surface area contributed by atoms with E-state index in [9.17, 15) is 4.79 Å². The van der Waals surface area contributed by atoms with Gasteiger partial charge in [-0.3, -0.25) is 14.4 Å². The van der Waals surface area contributed by atoms with Crippen LogP contribution >= 0.6 is 34.8 Å². The van der Waals surface area contributed by atoms with Crippen molar-refractivity contribution < 1.29 is 23.9 Å². The number of ketones is 1. The predicted molar refractivity (Wildman–Crippen MR) is 193 cm³/mol. The summed E-state index contributed by atoms with van der Waals surface area (Å²) in [4.78, 5) is 60.2. The number of fused-ring (bicyclic) bond motifs is 5. The maximum absolute atomic E-state index is 16.0. The van der Waals surface area contributed by atoms with Crippen LogP contribution in [0.3, 0.4) is 0 Å². The Morgan fingerprint density at radius 1 is 0.620 bits per heavy atom. The van der Waals surface area contributed by atoms with Crippen LogP contribution in [0.15, 0.2) is 127 Å². The van der Waals surface area contributed by atoms with E-state index in [0.29, 0.717) is 32.3 Å². The van der Waals surface area contributed by atoms with E-state index in [1.165, 1.54) is 25.3 Å². The fourth-order valence-electron chi connectivity index (χ4n) is 8.53. The Bertz CT molecular complexity index is 2140. The average molecular weight is 719 g/mol. The molecule has 0 spiro atoms. The third kappa shape index (κ3) is 4.22. The van der Waals surface area contributed by atoms with Crippen molar-refractivity contribution in [3.05, 3.63) is 170 Å². The molecule has 0 N–H and O–H groups in total. The number of hydrogen-bond donors (Lipinski definition) is 0. The van der Waals surface area contributed by atoms with Crippen LogP contribution < -0.4 is 4.90 Å². The first-order valence-corrected chi connectivity index (χ1v) is 17.0. The number of ether oxygens (including phenoxy) is 1. The molecule has 3 aliphatic rings. The fraction of sp³-hybridized carbons (Fsp3) is 0.122. The molecule has 246 valence electrons. The van der Waals surface area contributed by atoms with Crippen molar-refractivity contribution in [1.82, 2.24) is 0 Å². The minimum Gasteiger partial charge on any atom is -0.465 e. The number of carbonyl (C=O) groups is 4. The molecule has 2 bridgehead atoms. The summed E-state index contributed by atoms with van der Waals surface area (Å²) in [6.45, 7) is 0. The standard InChI is InChI=1S/C41H26Cl3NO5/c1-50-38(48)30-22-29(20-21-31(30)44)45-36(46)34-35(37(45)47)41(26-14-18-28(43)19-15-26)33(24-10-6-3-7-11-24)32(23-8-4-2-5-9-23)40(34,39(41)49)25-12-16-27(42)17-13-25/h2-22,34-35H,1H3/t34-,35+,40-,41-/m0/s1. The highest BCUT2D eigenvalue weighted by molar-refractivity contribution is 6.39. The molecular formula is C41H26Cl3NO5. The Hall–Kier alpha value is -5.01. The van der Waals surface area contributed by atoms with Crippen LogP contribution in [0.25, 0.3) is 11.1 Å². The van der Waals surface area contributed by atoms with E-state index in [1.54, 1.807) is 48.5 Å². The lowest BCUT2D eigenvalue weighted by Crippen LogP contribution is -2.45.